The summed E-state index contributed by atoms with van der Waals surface area (Å²) in [5, 5.41) is 0.379. The molecular formula is C25H30ClNO4. The molecule has 1 saturated heterocycles. The van der Waals surface area contributed by atoms with Crippen LogP contribution in [0.2, 0.25) is 5.02 Å². The zero-order valence-electron chi connectivity index (χ0n) is 18.4. The lowest BCUT2D eigenvalue weighted by Gasteiger charge is -2.21. The molecule has 0 N–H and O–H groups in total. The van der Waals surface area contributed by atoms with Crippen LogP contribution in [0.25, 0.3) is 0 Å². The molecule has 0 aromatic heterocycles. The number of aryl methyl sites for hydroxylation is 1. The molecule has 2 aromatic rings. The Morgan fingerprint density at radius 1 is 1.10 bits per heavy atom. The fourth-order valence-electron chi connectivity index (χ4n) is 4.39. The summed E-state index contributed by atoms with van der Waals surface area (Å²) in [6.07, 6.45) is 1.80. The monoisotopic (exact) mass is 443 g/mol. The molecule has 1 fully saturated rings. The van der Waals surface area contributed by atoms with E-state index in [-0.39, 0.29) is 24.4 Å². The highest BCUT2D eigenvalue weighted by Crippen LogP contribution is 2.39. The summed E-state index contributed by atoms with van der Waals surface area (Å²) in [5.41, 5.74) is 3.38. The number of likely N-dealkylation sites (tertiary alicyclic amines) is 1. The maximum absolute atomic E-state index is 12.8. The molecule has 0 spiro atoms. The van der Waals surface area contributed by atoms with E-state index in [9.17, 15) is 9.59 Å². The van der Waals surface area contributed by atoms with Gasteiger partial charge in [-0.2, -0.15) is 0 Å². The highest BCUT2D eigenvalue weighted by Gasteiger charge is 2.41. The smallest absolute Gasteiger partial charge is 0.339 e. The molecule has 166 valence electrons. The van der Waals surface area contributed by atoms with Crippen LogP contribution in [0.3, 0.4) is 0 Å². The first-order valence-electron chi connectivity index (χ1n) is 10.8. The standard InChI is InChI=1S/C25H30ClNO4/c1-4-9-18-12-19(23(22(26)13-18)25(29)31-5-2)20-15-27(16-21(20)24(28)30-3)14-17-10-7-6-8-11-17/h6-8,10-13,20-21H,4-5,9,14-16H2,1-3H3/t20-,21+/m0/s1. The van der Waals surface area contributed by atoms with Gasteiger partial charge >= 0.3 is 11.9 Å². The van der Waals surface area contributed by atoms with Crippen LogP contribution in [-0.2, 0) is 27.2 Å². The largest absolute Gasteiger partial charge is 0.469 e. The molecule has 1 aliphatic heterocycles. The molecule has 0 amide bonds. The van der Waals surface area contributed by atoms with Crippen LogP contribution in [-0.4, -0.2) is 43.6 Å². The lowest BCUT2D eigenvalue weighted by atomic mass is 9.84. The van der Waals surface area contributed by atoms with E-state index in [0.717, 1.165) is 30.5 Å². The van der Waals surface area contributed by atoms with E-state index in [1.807, 2.05) is 30.3 Å². The Morgan fingerprint density at radius 3 is 2.48 bits per heavy atom. The average molecular weight is 444 g/mol. The Kier molecular flexibility index (Phi) is 8.10. The summed E-state index contributed by atoms with van der Waals surface area (Å²) >= 11 is 6.58. The highest BCUT2D eigenvalue weighted by molar-refractivity contribution is 6.33. The van der Waals surface area contributed by atoms with Crippen LogP contribution in [0.5, 0.6) is 0 Å². The number of hydrogen-bond donors (Lipinski definition) is 0. The molecule has 0 unspecified atom stereocenters. The maximum Gasteiger partial charge on any atom is 0.339 e. The predicted molar refractivity (Wildman–Crippen MR) is 121 cm³/mol. The van der Waals surface area contributed by atoms with E-state index in [1.54, 1.807) is 6.92 Å². The van der Waals surface area contributed by atoms with Gasteiger partial charge in [-0.05, 0) is 36.1 Å². The zero-order chi connectivity index (χ0) is 22.4. The van der Waals surface area contributed by atoms with Crippen molar-refractivity contribution in [3.8, 4) is 0 Å². The summed E-state index contributed by atoms with van der Waals surface area (Å²) in [4.78, 5) is 27.7. The van der Waals surface area contributed by atoms with Crippen LogP contribution < -0.4 is 0 Å². The Labute approximate surface area is 189 Å². The Morgan fingerprint density at radius 2 is 1.84 bits per heavy atom. The van der Waals surface area contributed by atoms with Crippen molar-refractivity contribution in [1.29, 1.82) is 0 Å². The van der Waals surface area contributed by atoms with Crippen LogP contribution >= 0.6 is 11.6 Å². The predicted octanol–water partition coefficient (Wildman–Crippen LogP) is 4.86. The molecule has 31 heavy (non-hydrogen) atoms. The molecule has 0 bridgehead atoms. The van der Waals surface area contributed by atoms with Crippen molar-refractivity contribution in [3.05, 3.63) is 69.7 Å². The van der Waals surface area contributed by atoms with Gasteiger partial charge in [0, 0.05) is 25.6 Å². The molecule has 5 nitrogen and oxygen atoms in total. The quantitative estimate of drug-likeness (QED) is 0.545. The second-order valence-corrected chi connectivity index (χ2v) is 8.34. The third-order valence-electron chi connectivity index (χ3n) is 5.75. The van der Waals surface area contributed by atoms with Gasteiger partial charge in [0.2, 0.25) is 0 Å². The van der Waals surface area contributed by atoms with Gasteiger partial charge in [0.1, 0.15) is 0 Å². The minimum Gasteiger partial charge on any atom is -0.469 e. The number of methoxy groups -OCH3 is 1. The van der Waals surface area contributed by atoms with Crippen molar-refractivity contribution in [2.24, 2.45) is 5.92 Å². The Bertz CT molecular complexity index is 915. The number of carbonyl (C=O) groups is 2. The van der Waals surface area contributed by atoms with Crippen molar-refractivity contribution >= 4 is 23.5 Å². The number of esters is 2. The van der Waals surface area contributed by atoms with Crippen molar-refractivity contribution in [3.63, 3.8) is 0 Å². The van der Waals surface area contributed by atoms with E-state index >= 15 is 0 Å². The second-order valence-electron chi connectivity index (χ2n) is 7.93. The van der Waals surface area contributed by atoms with E-state index in [4.69, 9.17) is 21.1 Å². The highest BCUT2D eigenvalue weighted by atomic mass is 35.5. The van der Waals surface area contributed by atoms with Gasteiger partial charge in [-0.15, -0.1) is 0 Å². The lowest BCUT2D eigenvalue weighted by Crippen LogP contribution is -2.25. The summed E-state index contributed by atoms with van der Waals surface area (Å²) in [6.45, 7) is 6.04. The van der Waals surface area contributed by atoms with E-state index < -0.39 is 5.97 Å². The molecule has 0 aliphatic carbocycles. The number of rotatable bonds is 8. The van der Waals surface area contributed by atoms with Gasteiger partial charge in [0.05, 0.1) is 30.2 Å². The fourth-order valence-corrected chi connectivity index (χ4v) is 4.72. The lowest BCUT2D eigenvalue weighted by molar-refractivity contribution is -0.145. The van der Waals surface area contributed by atoms with Gasteiger partial charge in [-0.3, -0.25) is 9.69 Å². The average Bonchev–Trinajstić information content (AvgIpc) is 3.17. The molecule has 1 heterocycles. The zero-order valence-corrected chi connectivity index (χ0v) is 19.2. The number of ether oxygens (including phenoxy) is 2. The SMILES string of the molecule is CCCc1cc(Cl)c(C(=O)OCC)c([C@@H]2CN(Cc3ccccc3)C[C@H]2C(=O)OC)c1. The number of carbonyl (C=O) groups excluding carboxylic acids is 2. The van der Waals surface area contributed by atoms with Crippen molar-refractivity contribution < 1.29 is 19.1 Å². The molecule has 2 aromatic carbocycles. The van der Waals surface area contributed by atoms with Crippen LogP contribution in [0.1, 0.15) is 53.2 Å². The number of halogens is 1. The first-order valence-corrected chi connectivity index (χ1v) is 11.2. The normalized spacial score (nSPS) is 18.7. The first-order chi connectivity index (χ1) is 15.0. The number of hydrogen-bond acceptors (Lipinski definition) is 5. The van der Waals surface area contributed by atoms with Gasteiger partial charge in [0.25, 0.3) is 0 Å². The first kappa shape index (κ1) is 23.3. The molecule has 6 heteroatoms. The minimum absolute atomic E-state index is 0.204. The Hall–Kier alpha value is -2.37. The molecule has 2 atom stereocenters. The molecule has 0 radical (unpaired) electrons. The minimum atomic E-state index is -0.448. The summed E-state index contributed by atoms with van der Waals surface area (Å²) in [6, 6.07) is 14.0. The summed E-state index contributed by atoms with van der Waals surface area (Å²) in [5.74, 6) is -1.30. The number of benzene rings is 2. The summed E-state index contributed by atoms with van der Waals surface area (Å²) < 4.78 is 10.4. The third-order valence-corrected chi connectivity index (χ3v) is 6.04. The van der Waals surface area contributed by atoms with Crippen molar-refractivity contribution in [1.82, 2.24) is 4.90 Å². The molecule has 1 aliphatic rings. The van der Waals surface area contributed by atoms with Crippen LogP contribution in [0.15, 0.2) is 42.5 Å². The van der Waals surface area contributed by atoms with E-state index in [1.165, 1.54) is 12.7 Å². The van der Waals surface area contributed by atoms with Crippen molar-refractivity contribution in [2.45, 2.75) is 39.2 Å². The van der Waals surface area contributed by atoms with Gasteiger partial charge in [-0.1, -0.05) is 61.3 Å². The van der Waals surface area contributed by atoms with Crippen LogP contribution in [0, 0.1) is 5.92 Å². The maximum atomic E-state index is 12.8. The molecule has 0 saturated carbocycles. The Balaban J connectivity index is 2.01. The molecular weight excluding hydrogens is 414 g/mol. The van der Waals surface area contributed by atoms with Gasteiger partial charge in [-0.25, -0.2) is 4.79 Å². The summed E-state index contributed by atoms with van der Waals surface area (Å²) in [7, 11) is 1.41. The van der Waals surface area contributed by atoms with Crippen LogP contribution in [0.4, 0.5) is 0 Å². The second kappa shape index (κ2) is 10.8. The topological polar surface area (TPSA) is 55.8 Å². The number of nitrogens with zero attached hydrogens (tertiary/aromatic N) is 1. The van der Waals surface area contributed by atoms with Crippen molar-refractivity contribution in [2.75, 3.05) is 26.8 Å². The fraction of sp³-hybridized carbons (Fsp3) is 0.440. The van der Waals surface area contributed by atoms with E-state index in [0.29, 0.717) is 23.7 Å². The van der Waals surface area contributed by atoms with E-state index in [2.05, 4.69) is 24.0 Å². The third kappa shape index (κ3) is 5.46. The van der Waals surface area contributed by atoms with Gasteiger partial charge in [0.15, 0.2) is 0 Å². The molecule has 3 rings (SSSR count). The van der Waals surface area contributed by atoms with Gasteiger partial charge < -0.3 is 9.47 Å².